The standard InChI is InChI=1S/C16H25N/c1-15(2,3)14-7-5-13(6-8-14)11-16(12-17)9-4-10-16/h5-8H,4,9-12,17H2,1-3H3. The molecule has 1 aliphatic carbocycles. The molecule has 1 nitrogen and oxygen atoms in total. The Balaban J connectivity index is 2.08. The minimum absolute atomic E-state index is 0.251. The number of nitrogens with two attached hydrogens (primary N) is 1. The Morgan fingerprint density at radius 2 is 1.71 bits per heavy atom. The van der Waals surface area contributed by atoms with E-state index in [9.17, 15) is 0 Å². The first-order chi connectivity index (χ1) is 7.95. The van der Waals surface area contributed by atoms with Crippen LogP contribution >= 0.6 is 0 Å². The van der Waals surface area contributed by atoms with Gasteiger partial charge in [-0.1, -0.05) is 51.5 Å². The summed E-state index contributed by atoms with van der Waals surface area (Å²) >= 11 is 0. The van der Waals surface area contributed by atoms with Gasteiger partial charge in [-0.3, -0.25) is 0 Å². The van der Waals surface area contributed by atoms with E-state index in [1.807, 2.05) is 0 Å². The van der Waals surface area contributed by atoms with Gasteiger partial charge in [0.15, 0.2) is 0 Å². The summed E-state index contributed by atoms with van der Waals surface area (Å²) in [6.45, 7) is 7.62. The predicted octanol–water partition coefficient (Wildman–Crippen LogP) is 3.66. The van der Waals surface area contributed by atoms with Crippen LogP contribution in [0.4, 0.5) is 0 Å². The fourth-order valence-corrected chi connectivity index (χ4v) is 2.69. The molecule has 1 aromatic rings. The third-order valence-electron chi connectivity index (χ3n) is 4.25. The van der Waals surface area contributed by atoms with E-state index in [0.29, 0.717) is 5.41 Å². The first kappa shape index (κ1) is 12.6. The Hall–Kier alpha value is -0.820. The highest BCUT2D eigenvalue weighted by Crippen LogP contribution is 2.42. The van der Waals surface area contributed by atoms with Gasteiger partial charge >= 0.3 is 0 Å². The number of hydrogen-bond acceptors (Lipinski definition) is 1. The zero-order valence-electron chi connectivity index (χ0n) is 11.4. The molecule has 94 valence electrons. The smallest absolute Gasteiger partial charge is 0.00173 e. The maximum atomic E-state index is 5.92. The second kappa shape index (κ2) is 4.45. The molecule has 2 N–H and O–H groups in total. The number of benzene rings is 1. The second-order valence-corrected chi connectivity index (χ2v) is 6.68. The van der Waals surface area contributed by atoms with Crippen LogP contribution < -0.4 is 5.73 Å². The Morgan fingerprint density at radius 3 is 2.06 bits per heavy atom. The molecule has 0 aromatic heterocycles. The highest BCUT2D eigenvalue weighted by atomic mass is 14.6. The highest BCUT2D eigenvalue weighted by molar-refractivity contribution is 5.28. The summed E-state index contributed by atoms with van der Waals surface area (Å²) in [6, 6.07) is 9.13. The van der Waals surface area contributed by atoms with Gasteiger partial charge in [0.2, 0.25) is 0 Å². The van der Waals surface area contributed by atoms with Gasteiger partial charge in [-0.25, -0.2) is 0 Å². The van der Waals surface area contributed by atoms with Crippen LogP contribution in [0.15, 0.2) is 24.3 Å². The average molecular weight is 231 g/mol. The molecule has 0 bridgehead atoms. The lowest BCUT2D eigenvalue weighted by Crippen LogP contribution is -2.39. The second-order valence-electron chi connectivity index (χ2n) is 6.68. The SMILES string of the molecule is CC(C)(C)c1ccc(CC2(CN)CCC2)cc1. The van der Waals surface area contributed by atoms with Gasteiger partial charge in [-0.2, -0.15) is 0 Å². The molecule has 0 spiro atoms. The van der Waals surface area contributed by atoms with Crippen molar-refractivity contribution in [2.24, 2.45) is 11.1 Å². The zero-order valence-corrected chi connectivity index (χ0v) is 11.4. The van der Waals surface area contributed by atoms with Crippen LogP contribution in [0.2, 0.25) is 0 Å². The van der Waals surface area contributed by atoms with E-state index in [1.54, 1.807) is 0 Å². The summed E-state index contributed by atoms with van der Waals surface area (Å²) in [6.07, 6.45) is 5.14. The van der Waals surface area contributed by atoms with E-state index in [4.69, 9.17) is 5.73 Å². The molecule has 0 heterocycles. The number of rotatable bonds is 3. The topological polar surface area (TPSA) is 26.0 Å². The monoisotopic (exact) mass is 231 g/mol. The molecule has 1 aliphatic rings. The van der Waals surface area contributed by atoms with Gasteiger partial charge in [0, 0.05) is 0 Å². The first-order valence-electron chi connectivity index (χ1n) is 6.75. The normalized spacial score (nSPS) is 18.8. The molecule has 1 saturated carbocycles. The van der Waals surface area contributed by atoms with E-state index >= 15 is 0 Å². The molecule has 17 heavy (non-hydrogen) atoms. The van der Waals surface area contributed by atoms with Crippen molar-refractivity contribution in [1.82, 2.24) is 0 Å². The van der Waals surface area contributed by atoms with E-state index in [0.717, 1.165) is 13.0 Å². The number of hydrogen-bond donors (Lipinski definition) is 1. The third-order valence-corrected chi connectivity index (χ3v) is 4.25. The lowest BCUT2D eigenvalue weighted by molar-refractivity contribution is 0.145. The molecule has 0 aliphatic heterocycles. The summed E-state index contributed by atoms with van der Waals surface area (Å²) in [5, 5.41) is 0. The van der Waals surface area contributed by atoms with Gasteiger partial charge in [0.05, 0.1) is 0 Å². The van der Waals surface area contributed by atoms with Gasteiger partial charge in [-0.15, -0.1) is 0 Å². The van der Waals surface area contributed by atoms with E-state index in [-0.39, 0.29) is 5.41 Å². The fourth-order valence-electron chi connectivity index (χ4n) is 2.69. The molecular weight excluding hydrogens is 206 g/mol. The van der Waals surface area contributed by atoms with Crippen molar-refractivity contribution in [1.29, 1.82) is 0 Å². The Morgan fingerprint density at radius 1 is 1.12 bits per heavy atom. The van der Waals surface area contributed by atoms with Crippen molar-refractivity contribution in [2.75, 3.05) is 6.54 Å². The molecular formula is C16H25N. The van der Waals surface area contributed by atoms with Gasteiger partial charge in [-0.05, 0) is 47.8 Å². The van der Waals surface area contributed by atoms with Gasteiger partial charge in [0.1, 0.15) is 0 Å². The minimum atomic E-state index is 0.251. The summed E-state index contributed by atoms with van der Waals surface area (Å²) in [4.78, 5) is 0. The van der Waals surface area contributed by atoms with Crippen LogP contribution in [-0.2, 0) is 11.8 Å². The van der Waals surface area contributed by atoms with Crippen LogP contribution in [-0.4, -0.2) is 6.54 Å². The molecule has 0 radical (unpaired) electrons. The van der Waals surface area contributed by atoms with Gasteiger partial charge in [0.25, 0.3) is 0 Å². The quantitative estimate of drug-likeness (QED) is 0.844. The summed E-state index contributed by atoms with van der Waals surface area (Å²) < 4.78 is 0. The van der Waals surface area contributed by atoms with E-state index in [1.165, 1.54) is 30.4 Å². The van der Waals surface area contributed by atoms with Gasteiger partial charge < -0.3 is 5.73 Å². The van der Waals surface area contributed by atoms with Crippen molar-refractivity contribution < 1.29 is 0 Å². The van der Waals surface area contributed by atoms with Crippen LogP contribution in [0, 0.1) is 5.41 Å². The molecule has 0 unspecified atom stereocenters. The fraction of sp³-hybridized carbons (Fsp3) is 0.625. The summed E-state index contributed by atoms with van der Waals surface area (Å²) in [7, 11) is 0. The van der Waals surface area contributed by atoms with Crippen LogP contribution in [0.5, 0.6) is 0 Å². The maximum Gasteiger partial charge on any atom is -0.00173 e. The van der Waals surface area contributed by atoms with Crippen LogP contribution in [0.3, 0.4) is 0 Å². The molecule has 0 atom stereocenters. The third kappa shape index (κ3) is 2.71. The van der Waals surface area contributed by atoms with Crippen molar-refractivity contribution in [3.05, 3.63) is 35.4 Å². The largest absolute Gasteiger partial charge is 0.330 e. The zero-order chi connectivity index (χ0) is 12.5. The summed E-state index contributed by atoms with van der Waals surface area (Å²) in [5.74, 6) is 0. The highest BCUT2D eigenvalue weighted by Gasteiger charge is 2.35. The van der Waals surface area contributed by atoms with Crippen molar-refractivity contribution in [3.63, 3.8) is 0 Å². The lowest BCUT2D eigenvalue weighted by atomic mass is 9.65. The average Bonchev–Trinajstić information content (AvgIpc) is 2.23. The minimum Gasteiger partial charge on any atom is -0.330 e. The van der Waals surface area contributed by atoms with Crippen molar-refractivity contribution in [3.8, 4) is 0 Å². The summed E-state index contributed by atoms with van der Waals surface area (Å²) in [5.41, 5.74) is 9.45. The van der Waals surface area contributed by atoms with Crippen LogP contribution in [0.1, 0.15) is 51.2 Å². The molecule has 2 rings (SSSR count). The van der Waals surface area contributed by atoms with Crippen LogP contribution in [0.25, 0.3) is 0 Å². The lowest BCUT2D eigenvalue weighted by Gasteiger charge is -2.41. The molecule has 1 fully saturated rings. The Labute approximate surface area is 105 Å². The first-order valence-corrected chi connectivity index (χ1v) is 6.75. The Kier molecular flexibility index (Phi) is 3.31. The molecule has 0 amide bonds. The molecule has 1 heteroatoms. The maximum absolute atomic E-state index is 5.92. The van der Waals surface area contributed by atoms with E-state index in [2.05, 4.69) is 45.0 Å². The molecule has 0 saturated heterocycles. The molecule has 1 aromatic carbocycles. The predicted molar refractivity (Wildman–Crippen MR) is 74.2 cm³/mol. The van der Waals surface area contributed by atoms with Crippen molar-refractivity contribution >= 4 is 0 Å². The van der Waals surface area contributed by atoms with Crippen molar-refractivity contribution in [2.45, 2.75) is 51.9 Å². The van der Waals surface area contributed by atoms with E-state index < -0.39 is 0 Å². The Bertz CT molecular complexity index is 360.